The standard InChI is InChI=1S/C21H24N4O2S/c1-13-5-4-6-16(11-13)19-23-20(27)21(24-19)7-9-25(10-8-21)18(26)12-17-14(2)28-15(3)22-17/h4-6,11H,7-10,12H2,1-3H3,(H,23,24,27). The van der Waals surface area contributed by atoms with E-state index in [2.05, 4.69) is 10.3 Å². The molecule has 0 bridgehead atoms. The van der Waals surface area contributed by atoms with Crippen molar-refractivity contribution in [1.29, 1.82) is 0 Å². The summed E-state index contributed by atoms with van der Waals surface area (Å²) in [6.07, 6.45) is 1.43. The summed E-state index contributed by atoms with van der Waals surface area (Å²) >= 11 is 1.62. The van der Waals surface area contributed by atoms with E-state index in [0.717, 1.165) is 26.7 Å². The quantitative estimate of drug-likeness (QED) is 0.866. The molecule has 28 heavy (non-hydrogen) atoms. The topological polar surface area (TPSA) is 74.7 Å². The summed E-state index contributed by atoms with van der Waals surface area (Å²) in [5.74, 6) is 0.661. The minimum absolute atomic E-state index is 0.0536. The van der Waals surface area contributed by atoms with Crippen LogP contribution >= 0.6 is 11.3 Å². The molecule has 4 rings (SSSR count). The number of aromatic nitrogens is 1. The molecule has 1 spiro atoms. The number of hydrogen-bond acceptors (Lipinski definition) is 5. The van der Waals surface area contributed by atoms with Crippen LogP contribution < -0.4 is 5.32 Å². The van der Waals surface area contributed by atoms with Crippen LogP contribution in [0.2, 0.25) is 0 Å². The zero-order valence-corrected chi connectivity index (χ0v) is 17.2. The predicted octanol–water partition coefficient (Wildman–Crippen LogP) is 2.55. The number of amides is 2. The molecule has 3 heterocycles. The fourth-order valence-electron chi connectivity index (χ4n) is 3.90. The highest BCUT2D eigenvalue weighted by atomic mass is 32.1. The van der Waals surface area contributed by atoms with E-state index in [4.69, 9.17) is 4.99 Å². The van der Waals surface area contributed by atoms with Gasteiger partial charge in [0.15, 0.2) is 0 Å². The SMILES string of the molecule is Cc1cccc(C2=NC3(CCN(C(=O)Cc4nc(C)sc4C)CC3)C(=O)N2)c1. The van der Waals surface area contributed by atoms with Crippen molar-refractivity contribution in [2.45, 2.75) is 45.6 Å². The Morgan fingerprint density at radius 1 is 1.25 bits per heavy atom. The predicted molar refractivity (Wildman–Crippen MR) is 110 cm³/mol. The Morgan fingerprint density at radius 2 is 2.00 bits per heavy atom. The van der Waals surface area contributed by atoms with Crippen molar-refractivity contribution in [3.8, 4) is 0 Å². The number of aliphatic imine (C=N–C) groups is 1. The van der Waals surface area contributed by atoms with Gasteiger partial charge in [-0.3, -0.25) is 14.6 Å². The Balaban J connectivity index is 1.45. The summed E-state index contributed by atoms with van der Waals surface area (Å²) in [6, 6.07) is 7.97. The fourth-order valence-corrected chi connectivity index (χ4v) is 4.74. The maximum absolute atomic E-state index is 12.7. The van der Waals surface area contributed by atoms with Crippen LogP contribution in [0.4, 0.5) is 0 Å². The number of carbonyl (C=O) groups is 2. The molecule has 0 saturated carbocycles. The normalized spacial score (nSPS) is 18.3. The van der Waals surface area contributed by atoms with Crippen molar-refractivity contribution in [3.05, 3.63) is 51.0 Å². The molecular formula is C21H24N4O2S. The number of rotatable bonds is 3. The van der Waals surface area contributed by atoms with Crippen LogP contribution in [0.15, 0.2) is 29.3 Å². The van der Waals surface area contributed by atoms with Gasteiger partial charge in [0.2, 0.25) is 5.91 Å². The lowest BCUT2D eigenvalue weighted by Crippen LogP contribution is -2.50. The molecule has 2 aromatic rings. The maximum atomic E-state index is 12.7. The average Bonchev–Trinajstić information content (AvgIpc) is 3.14. The van der Waals surface area contributed by atoms with Gasteiger partial charge >= 0.3 is 0 Å². The van der Waals surface area contributed by atoms with Crippen LogP contribution in [0, 0.1) is 20.8 Å². The molecule has 0 unspecified atom stereocenters. The van der Waals surface area contributed by atoms with Crippen molar-refractivity contribution in [2.24, 2.45) is 4.99 Å². The number of amidine groups is 1. The molecule has 1 saturated heterocycles. The van der Waals surface area contributed by atoms with Gasteiger partial charge in [-0.25, -0.2) is 4.98 Å². The van der Waals surface area contributed by atoms with Gasteiger partial charge in [-0.1, -0.05) is 23.8 Å². The molecule has 1 aromatic carbocycles. The smallest absolute Gasteiger partial charge is 0.253 e. The first-order valence-electron chi connectivity index (χ1n) is 9.55. The van der Waals surface area contributed by atoms with E-state index in [0.29, 0.717) is 38.2 Å². The molecule has 2 amide bonds. The second kappa shape index (κ2) is 7.13. The van der Waals surface area contributed by atoms with Gasteiger partial charge in [-0.05, 0) is 39.7 Å². The number of benzene rings is 1. The Hall–Kier alpha value is -2.54. The molecule has 1 fully saturated rings. The molecular weight excluding hydrogens is 372 g/mol. The van der Waals surface area contributed by atoms with E-state index in [9.17, 15) is 9.59 Å². The molecule has 6 nitrogen and oxygen atoms in total. The summed E-state index contributed by atoms with van der Waals surface area (Å²) in [5, 5.41) is 3.94. The second-order valence-electron chi connectivity index (χ2n) is 7.61. The number of carbonyl (C=O) groups excluding carboxylic acids is 2. The zero-order chi connectivity index (χ0) is 19.9. The fraction of sp³-hybridized carbons (Fsp3) is 0.429. The summed E-state index contributed by atoms with van der Waals surface area (Å²) in [4.78, 5) is 37.6. The first-order valence-corrected chi connectivity index (χ1v) is 10.4. The van der Waals surface area contributed by atoms with E-state index in [1.165, 1.54) is 0 Å². The molecule has 0 aliphatic carbocycles. The number of nitrogens with zero attached hydrogens (tertiary/aromatic N) is 3. The van der Waals surface area contributed by atoms with Crippen LogP contribution in [-0.4, -0.2) is 46.2 Å². The monoisotopic (exact) mass is 396 g/mol. The molecule has 1 N–H and O–H groups in total. The molecule has 146 valence electrons. The third kappa shape index (κ3) is 3.46. The number of piperidine rings is 1. The molecule has 0 atom stereocenters. The van der Waals surface area contributed by atoms with Crippen LogP contribution in [0.1, 0.15) is 39.5 Å². The van der Waals surface area contributed by atoms with E-state index in [1.807, 2.05) is 49.9 Å². The van der Waals surface area contributed by atoms with E-state index >= 15 is 0 Å². The lowest BCUT2D eigenvalue weighted by atomic mass is 9.88. The maximum Gasteiger partial charge on any atom is 0.253 e. The molecule has 1 aromatic heterocycles. The Morgan fingerprint density at radius 3 is 2.64 bits per heavy atom. The third-order valence-corrected chi connectivity index (χ3v) is 6.46. The van der Waals surface area contributed by atoms with Crippen LogP contribution in [0.5, 0.6) is 0 Å². The highest BCUT2D eigenvalue weighted by Crippen LogP contribution is 2.31. The summed E-state index contributed by atoms with van der Waals surface area (Å²) in [7, 11) is 0. The molecule has 7 heteroatoms. The van der Waals surface area contributed by atoms with Crippen molar-refractivity contribution >= 4 is 29.0 Å². The van der Waals surface area contributed by atoms with Crippen LogP contribution in [-0.2, 0) is 16.0 Å². The number of aryl methyl sites for hydroxylation is 3. The largest absolute Gasteiger partial charge is 0.342 e. The molecule has 0 radical (unpaired) electrons. The summed E-state index contributed by atoms with van der Waals surface area (Å²) < 4.78 is 0. The number of nitrogens with one attached hydrogen (secondary N) is 1. The Bertz CT molecular complexity index is 971. The van der Waals surface area contributed by atoms with Gasteiger partial charge in [-0.15, -0.1) is 11.3 Å². The second-order valence-corrected chi connectivity index (χ2v) is 9.02. The van der Waals surface area contributed by atoms with E-state index < -0.39 is 5.54 Å². The molecule has 2 aliphatic heterocycles. The minimum Gasteiger partial charge on any atom is -0.342 e. The van der Waals surface area contributed by atoms with Gasteiger partial charge in [0, 0.05) is 23.5 Å². The van der Waals surface area contributed by atoms with Crippen molar-refractivity contribution < 1.29 is 9.59 Å². The minimum atomic E-state index is -0.747. The number of hydrogen-bond donors (Lipinski definition) is 1. The first kappa shape index (κ1) is 18.8. The molecule has 2 aliphatic rings. The van der Waals surface area contributed by atoms with Gasteiger partial charge in [-0.2, -0.15) is 0 Å². The van der Waals surface area contributed by atoms with Crippen molar-refractivity contribution in [1.82, 2.24) is 15.2 Å². The van der Waals surface area contributed by atoms with Gasteiger partial charge < -0.3 is 10.2 Å². The van der Waals surface area contributed by atoms with Gasteiger partial charge in [0.1, 0.15) is 11.4 Å². The highest BCUT2D eigenvalue weighted by Gasteiger charge is 2.46. The summed E-state index contributed by atoms with van der Waals surface area (Å²) in [5.41, 5.74) is 2.18. The Labute approximate surface area is 168 Å². The first-order chi connectivity index (χ1) is 13.4. The van der Waals surface area contributed by atoms with Crippen molar-refractivity contribution in [2.75, 3.05) is 13.1 Å². The number of thiazole rings is 1. The van der Waals surface area contributed by atoms with Crippen LogP contribution in [0.3, 0.4) is 0 Å². The summed E-state index contributed by atoms with van der Waals surface area (Å²) in [6.45, 7) is 7.06. The van der Waals surface area contributed by atoms with Gasteiger partial charge in [0.05, 0.1) is 17.1 Å². The van der Waals surface area contributed by atoms with Crippen molar-refractivity contribution in [3.63, 3.8) is 0 Å². The third-order valence-electron chi connectivity index (χ3n) is 5.53. The highest BCUT2D eigenvalue weighted by molar-refractivity contribution is 7.11. The average molecular weight is 397 g/mol. The van der Waals surface area contributed by atoms with E-state index in [-0.39, 0.29) is 11.8 Å². The lowest BCUT2D eigenvalue weighted by Gasteiger charge is -2.35. The van der Waals surface area contributed by atoms with E-state index in [1.54, 1.807) is 11.3 Å². The number of likely N-dealkylation sites (tertiary alicyclic amines) is 1. The van der Waals surface area contributed by atoms with Crippen LogP contribution in [0.25, 0.3) is 0 Å². The van der Waals surface area contributed by atoms with Gasteiger partial charge in [0.25, 0.3) is 5.91 Å². The Kier molecular flexibility index (Phi) is 4.79. The zero-order valence-electron chi connectivity index (χ0n) is 16.4. The lowest BCUT2D eigenvalue weighted by molar-refractivity contribution is -0.135.